The normalized spacial score (nSPS) is 20.2. The van der Waals surface area contributed by atoms with Crippen LogP contribution in [-0.2, 0) is 15.6 Å². The molecule has 0 aromatic carbocycles. The number of thiophene rings is 1. The summed E-state index contributed by atoms with van der Waals surface area (Å²) in [6.07, 6.45) is 1.95. The molecule has 4 heterocycles. The Morgan fingerprint density at radius 1 is 1.19 bits per heavy atom. The number of anilines is 1. The van der Waals surface area contributed by atoms with E-state index in [9.17, 15) is 0 Å². The number of hydrogen-bond donors (Lipinski definition) is 0. The molecule has 0 spiro atoms. The van der Waals surface area contributed by atoms with Crippen LogP contribution in [0, 0.1) is 0 Å². The van der Waals surface area contributed by atoms with Crippen LogP contribution in [-0.4, -0.2) is 78.7 Å². The molecular formula is C16H22ClN5O2S2. The fraction of sp³-hybridized carbons (Fsp3) is 0.625. The van der Waals surface area contributed by atoms with Gasteiger partial charge in [-0.3, -0.25) is 4.90 Å². The molecule has 0 unspecified atom stereocenters. The number of nitrogens with zero attached hydrogens (tertiary/aromatic N) is 5. The fourth-order valence-electron chi connectivity index (χ4n) is 3.29. The zero-order chi connectivity index (χ0) is 17.9. The quantitative estimate of drug-likeness (QED) is 0.545. The van der Waals surface area contributed by atoms with E-state index in [0.29, 0.717) is 5.28 Å². The second-order valence-corrected chi connectivity index (χ2v) is 8.25. The van der Waals surface area contributed by atoms with E-state index in [2.05, 4.69) is 25.8 Å². The molecule has 2 aliphatic heterocycles. The van der Waals surface area contributed by atoms with E-state index in [1.54, 1.807) is 11.3 Å². The van der Waals surface area contributed by atoms with E-state index in [1.807, 2.05) is 11.3 Å². The van der Waals surface area contributed by atoms with Gasteiger partial charge in [-0.05, 0) is 17.7 Å². The summed E-state index contributed by atoms with van der Waals surface area (Å²) in [4.78, 5) is 14.9. The van der Waals surface area contributed by atoms with Crippen molar-refractivity contribution in [2.24, 2.45) is 0 Å². The third kappa shape index (κ3) is 4.24. The summed E-state index contributed by atoms with van der Waals surface area (Å²) in [6.45, 7) is 7.91. The SMILES string of the molecule is CSON1CCN(Cc2cc3nc(Cl)nc(N4CCOCC4)c3s2)CC1. The van der Waals surface area contributed by atoms with Gasteiger partial charge in [0.1, 0.15) is 0 Å². The van der Waals surface area contributed by atoms with Gasteiger partial charge in [-0.15, -0.1) is 11.3 Å². The van der Waals surface area contributed by atoms with Gasteiger partial charge in [0.25, 0.3) is 0 Å². The van der Waals surface area contributed by atoms with Gasteiger partial charge in [0.05, 0.1) is 23.4 Å². The highest BCUT2D eigenvalue weighted by Crippen LogP contribution is 2.34. The van der Waals surface area contributed by atoms with Crippen LogP contribution in [0.2, 0.25) is 5.28 Å². The summed E-state index contributed by atoms with van der Waals surface area (Å²) < 4.78 is 12.1. The summed E-state index contributed by atoms with van der Waals surface area (Å²) >= 11 is 9.36. The third-order valence-electron chi connectivity index (χ3n) is 4.58. The van der Waals surface area contributed by atoms with Crippen molar-refractivity contribution in [3.05, 3.63) is 16.2 Å². The molecule has 4 rings (SSSR count). The van der Waals surface area contributed by atoms with Gasteiger partial charge < -0.3 is 9.64 Å². The summed E-state index contributed by atoms with van der Waals surface area (Å²) in [5, 5.41) is 2.33. The van der Waals surface area contributed by atoms with Crippen LogP contribution < -0.4 is 4.90 Å². The van der Waals surface area contributed by atoms with Crippen molar-refractivity contribution < 1.29 is 9.02 Å². The van der Waals surface area contributed by atoms with Gasteiger partial charge in [-0.25, -0.2) is 9.27 Å². The monoisotopic (exact) mass is 415 g/mol. The molecule has 0 N–H and O–H groups in total. The first-order valence-corrected chi connectivity index (χ1v) is 11.0. The molecule has 0 atom stereocenters. The molecule has 26 heavy (non-hydrogen) atoms. The number of hydroxylamine groups is 2. The molecule has 2 aromatic rings. The lowest BCUT2D eigenvalue weighted by atomic mass is 10.3. The fourth-order valence-corrected chi connectivity index (χ4v) is 4.98. The smallest absolute Gasteiger partial charge is 0.224 e. The van der Waals surface area contributed by atoms with Crippen LogP contribution in [0.1, 0.15) is 4.88 Å². The lowest BCUT2D eigenvalue weighted by Crippen LogP contribution is -2.44. The van der Waals surface area contributed by atoms with Gasteiger partial charge in [0.2, 0.25) is 5.28 Å². The number of aromatic nitrogens is 2. The molecular weight excluding hydrogens is 394 g/mol. The molecule has 2 fully saturated rings. The van der Waals surface area contributed by atoms with Crippen molar-refractivity contribution in [1.29, 1.82) is 0 Å². The Hall–Kier alpha value is -0.680. The first kappa shape index (κ1) is 18.7. The highest BCUT2D eigenvalue weighted by atomic mass is 35.5. The highest BCUT2D eigenvalue weighted by Gasteiger charge is 2.21. The van der Waals surface area contributed by atoms with E-state index >= 15 is 0 Å². The zero-order valence-electron chi connectivity index (χ0n) is 14.7. The molecule has 0 amide bonds. The second kappa shape index (κ2) is 8.55. The molecule has 2 aromatic heterocycles. The maximum absolute atomic E-state index is 6.18. The lowest BCUT2D eigenvalue weighted by molar-refractivity contribution is -0.0722. The van der Waals surface area contributed by atoms with E-state index in [1.165, 1.54) is 16.9 Å². The minimum atomic E-state index is 0.311. The maximum atomic E-state index is 6.18. The Balaban J connectivity index is 1.50. The zero-order valence-corrected chi connectivity index (χ0v) is 17.1. The van der Waals surface area contributed by atoms with E-state index in [-0.39, 0.29) is 0 Å². The predicted molar refractivity (Wildman–Crippen MR) is 107 cm³/mol. The molecule has 7 nitrogen and oxygen atoms in total. The van der Waals surface area contributed by atoms with Crippen molar-refractivity contribution in [3.8, 4) is 0 Å². The second-order valence-electron chi connectivity index (χ2n) is 6.29. The Labute approximate surface area is 166 Å². The maximum Gasteiger partial charge on any atom is 0.224 e. The Morgan fingerprint density at radius 3 is 2.69 bits per heavy atom. The average Bonchev–Trinajstić information content (AvgIpc) is 3.05. The van der Waals surface area contributed by atoms with Gasteiger partial charge in [-0.2, -0.15) is 10.0 Å². The van der Waals surface area contributed by atoms with Crippen LogP contribution in [0.4, 0.5) is 5.82 Å². The first-order valence-electron chi connectivity index (χ1n) is 8.69. The van der Waals surface area contributed by atoms with E-state index in [0.717, 1.165) is 75.1 Å². The van der Waals surface area contributed by atoms with Gasteiger partial charge in [-0.1, -0.05) is 0 Å². The van der Waals surface area contributed by atoms with Crippen LogP contribution >= 0.6 is 35.0 Å². The van der Waals surface area contributed by atoms with Crippen molar-refractivity contribution in [1.82, 2.24) is 19.9 Å². The molecule has 0 bridgehead atoms. The highest BCUT2D eigenvalue weighted by molar-refractivity contribution is 7.93. The molecule has 0 aliphatic carbocycles. The minimum absolute atomic E-state index is 0.311. The molecule has 142 valence electrons. The third-order valence-corrected chi connectivity index (χ3v) is 6.21. The number of rotatable bonds is 5. The van der Waals surface area contributed by atoms with Crippen molar-refractivity contribution in [3.63, 3.8) is 0 Å². The topological polar surface area (TPSA) is 54.0 Å². The number of morpholine rings is 1. The summed E-state index contributed by atoms with van der Waals surface area (Å²) in [7, 11) is 0. The van der Waals surface area contributed by atoms with Crippen molar-refractivity contribution in [2.45, 2.75) is 6.54 Å². The summed E-state index contributed by atoms with van der Waals surface area (Å²) in [5.41, 5.74) is 0.941. The Morgan fingerprint density at radius 2 is 1.96 bits per heavy atom. The molecule has 0 saturated carbocycles. The number of ether oxygens (including phenoxy) is 1. The standard InChI is InChI=1S/C16H22ClN5O2S2/c1-25-24-22-4-2-20(3-5-22)11-12-10-13-14(26-12)15(19-16(17)18-13)21-6-8-23-9-7-21/h10H,2-9,11H2,1H3. The molecule has 0 radical (unpaired) electrons. The van der Waals surface area contributed by atoms with Crippen LogP contribution in [0.25, 0.3) is 10.2 Å². The van der Waals surface area contributed by atoms with Gasteiger partial charge >= 0.3 is 0 Å². The molecule has 2 saturated heterocycles. The molecule has 2 aliphatic rings. The number of piperazine rings is 1. The van der Waals surface area contributed by atoms with Crippen LogP contribution in [0.5, 0.6) is 0 Å². The number of fused-ring (bicyclic) bond motifs is 1. The van der Waals surface area contributed by atoms with Gasteiger partial charge in [0, 0.05) is 69.0 Å². The largest absolute Gasteiger partial charge is 0.378 e. The van der Waals surface area contributed by atoms with E-state index < -0.39 is 0 Å². The van der Waals surface area contributed by atoms with Crippen LogP contribution in [0.15, 0.2) is 6.07 Å². The minimum Gasteiger partial charge on any atom is -0.378 e. The predicted octanol–water partition coefficient (Wildman–Crippen LogP) is 2.51. The average molecular weight is 416 g/mol. The van der Waals surface area contributed by atoms with Crippen LogP contribution in [0.3, 0.4) is 0 Å². The molecule has 10 heteroatoms. The van der Waals surface area contributed by atoms with E-state index in [4.69, 9.17) is 20.6 Å². The number of hydrogen-bond acceptors (Lipinski definition) is 9. The first-order chi connectivity index (χ1) is 12.7. The van der Waals surface area contributed by atoms with Gasteiger partial charge in [0.15, 0.2) is 5.82 Å². The van der Waals surface area contributed by atoms with Crippen molar-refractivity contribution >= 4 is 51.0 Å². The summed E-state index contributed by atoms with van der Waals surface area (Å²) in [5.74, 6) is 0.942. The Kier molecular flexibility index (Phi) is 6.14. The Bertz CT molecular complexity index is 748. The van der Waals surface area contributed by atoms with Crippen molar-refractivity contribution in [2.75, 3.05) is 63.6 Å². The number of halogens is 1. The summed E-state index contributed by atoms with van der Waals surface area (Å²) in [6, 6.07) is 2.16. The lowest BCUT2D eigenvalue weighted by Gasteiger charge is -2.32.